The summed E-state index contributed by atoms with van der Waals surface area (Å²) < 4.78 is 5.09. The summed E-state index contributed by atoms with van der Waals surface area (Å²) in [7, 11) is 1.71. The fourth-order valence-corrected chi connectivity index (χ4v) is 2.60. The van der Waals surface area contributed by atoms with Crippen molar-refractivity contribution in [1.29, 1.82) is 0 Å². The lowest BCUT2D eigenvalue weighted by Gasteiger charge is -2.29. The topological polar surface area (TPSA) is 64.3 Å². The maximum atomic E-state index is 12.0. The molecule has 0 spiro atoms. The third-order valence-electron chi connectivity index (χ3n) is 4.16. The van der Waals surface area contributed by atoms with Crippen LogP contribution >= 0.6 is 12.4 Å². The predicted octanol–water partition coefficient (Wildman–Crippen LogP) is 2.49. The van der Waals surface area contributed by atoms with E-state index in [2.05, 4.69) is 19.2 Å². The lowest BCUT2D eigenvalue weighted by molar-refractivity contribution is -0.122. The third-order valence-corrected chi connectivity index (χ3v) is 4.16. The summed E-state index contributed by atoms with van der Waals surface area (Å²) in [5, 5.41) is 3.05. The zero-order valence-corrected chi connectivity index (χ0v) is 13.9. The number of amides is 1. The Morgan fingerprint density at radius 2 is 2.00 bits per heavy atom. The van der Waals surface area contributed by atoms with Gasteiger partial charge in [0.15, 0.2) is 0 Å². The van der Waals surface area contributed by atoms with Crippen LogP contribution in [-0.4, -0.2) is 32.2 Å². The van der Waals surface area contributed by atoms with Crippen LogP contribution in [0.4, 0.5) is 0 Å². The molecule has 4 nitrogen and oxygen atoms in total. The smallest absolute Gasteiger partial charge is 0.220 e. The molecule has 0 radical (unpaired) electrons. The number of nitrogens with two attached hydrogens (primary N) is 1. The Bertz CT molecular complexity index is 285. The summed E-state index contributed by atoms with van der Waals surface area (Å²) in [5.74, 6) is 0.517. The molecule has 0 aromatic heterocycles. The minimum atomic E-state index is 0. The van der Waals surface area contributed by atoms with E-state index in [1.807, 2.05) is 0 Å². The third kappa shape index (κ3) is 7.46. The minimum Gasteiger partial charge on any atom is -0.385 e. The molecule has 0 aromatic rings. The molecule has 0 heterocycles. The van der Waals surface area contributed by atoms with Gasteiger partial charge in [-0.25, -0.2) is 0 Å². The predicted molar refractivity (Wildman–Crippen MR) is 85.1 cm³/mol. The normalized spacial score (nSPS) is 23.0. The van der Waals surface area contributed by atoms with E-state index in [9.17, 15) is 4.79 Å². The van der Waals surface area contributed by atoms with Crippen LogP contribution in [0.1, 0.15) is 52.4 Å². The Kier molecular flexibility index (Phi) is 9.43. The number of ether oxygens (including phenoxy) is 1. The highest BCUT2D eigenvalue weighted by atomic mass is 35.5. The van der Waals surface area contributed by atoms with Crippen LogP contribution < -0.4 is 11.1 Å². The van der Waals surface area contributed by atoms with Crippen molar-refractivity contribution < 1.29 is 9.53 Å². The molecule has 1 rings (SSSR count). The first-order valence-corrected chi connectivity index (χ1v) is 7.46. The first kappa shape index (κ1) is 19.7. The van der Waals surface area contributed by atoms with Gasteiger partial charge in [-0.3, -0.25) is 4.79 Å². The molecule has 0 aromatic carbocycles. The van der Waals surface area contributed by atoms with Crippen molar-refractivity contribution in [2.24, 2.45) is 17.1 Å². The number of carbonyl (C=O) groups is 1. The lowest BCUT2D eigenvalue weighted by Crippen LogP contribution is -2.39. The fourth-order valence-electron chi connectivity index (χ4n) is 2.60. The molecule has 120 valence electrons. The van der Waals surface area contributed by atoms with Crippen LogP contribution in [-0.2, 0) is 9.53 Å². The van der Waals surface area contributed by atoms with Gasteiger partial charge in [-0.2, -0.15) is 0 Å². The molecule has 20 heavy (non-hydrogen) atoms. The van der Waals surface area contributed by atoms with Crippen molar-refractivity contribution in [2.75, 3.05) is 20.3 Å². The van der Waals surface area contributed by atoms with Gasteiger partial charge in [-0.1, -0.05) is 26.7 Å². The maximum Gasteiger partial charge on any atom is 0.220 e. The van der Waals surface area contributed by atoms with Crippen molar-refractivity contribution >= 4 is 18.3 Å². The lowest BCUT2D eigenvalue weighted by atomic mass is 9.82. The number of methoxy groups -OCH3 is 1. The molecular weight excluding hydrogens is 276 g/mol. The standard InChI is InChI=1S/C15H30N2O2.ClH/c1-15(2,8-9-19-3)11-17-14(18)10-12-6-4-5-7-13(12)16;/h12-13H,4-11,16H2,1-3H3,(H,17,18);1H. The summed E-state index contributed by atoms with van der Waals surface area (Å²) in [5.41, 5.74) is 6.16. The molecule has 0 bridgehead atoms. The zero-order valence-electron chi connectivity index (χ0n) is 13.1. The van der Waals surface area contributed by atoms with Gasteiger partial charge in [0, 0.05) is 32.7 Å². The van der Waals surface area contributed by atoms with Crippen LogP contribution in [0.5, 0.6) is 0 Å². The Morgan fingerprint density at radius 3 is 2.60 bits per heavy atom. The van der Waals surface area contributed by atoms with Gasteiger partial charge in [0.05, 0.1) is 0 Å². The van der Waals surface area contributed by atoms with Crippen LogP contribution in [0.2, 0.25) is 0 Å². The first-order chi connectivity index (χ1) is 8.94. The first-order valence-electron chi connectivity index (χ1n) is 7.46. The van der Waals surface area contributed by atoms with Gasteiger partial charge < -0.3 is 15.8 Å². The highest BCUT2D eigenvalue weighted by Gasteiger charge is 2.25. The van der Waals surface area contributed by atoms with Gasteiger partial charge in [0.2, 0.25) is 5.91 Å². The van der Waals surface area contributed by atoms with Gasteiger partial charge in [-0.15, -0.1) is 12.4 Å². The van der Waals surface area contributed by atoms with Crippen LogP contribution in [0.15, 0.2) is 0 Å². The van der Waals surface area contributed by atoms with E-state index >= 15 is 0 Å². The molecule has 1 aliphatic rings. The number of carbonyl (C=O) groups excluding carboxylic acids is 1. The molecule has 1 amide bonds. The number of rotatable bonds is 7. The number of halogens is 1. The molecular formula is C15H31ClN2O2. The molecule has 0 saturated heterocycles. The van der Waals surface area contributed by atoms with E-state index in [-0.39, 0.29) is 29.8 Å². The molecule has 3 N–H and O–H groups in total. The Morgan fingerprint density at radius 1 is 1.35 bits per heavy atom. The van der Waals surface area contributed by atoms with E-state index < -0.39 is 0 Å². The largest absolute Gasteiger partial charge is 0.385 e. The van der Waals surface area contributed by atoms with Crippen molar-refractivity contribution in [3.05, 3.63) is 0 Å². The second-order valence-electron chi connectivity index (χ2n) is 6.60. The highest BCUT2D eigenvalue weighted by molar-refractivity contribution is 5.85. The Balaban J connectivity index is 0.00000361. The summed E-state index contributed by atoms with van der Waals surface area (Å²) in [6, 6.07) is 0.209. The van der Waals surface area contributed by atoms with E-state index in [0.29, 0.717) is 18.9 Å². The van der Waals surface area contributed by atoms with Crippen molar-refractivity contribution in [3.63, 3.8) is 0 Å². The van der Waals surface area contributed by atoms with Crippen LogP contribution in [0.25, 0.3) is 0 Å². The van der Waals surface area contributed by atoms with Crippen molar-refractivity contribution in [3.8, 4) is 0 Å². The molecule has 2 atom stereocenters. The van der Waals surface area contributed by atoms with Crippen molar-refractivity contribution in [2.45, 2.75) is 58.4 Å². The highest BCUT2D eigenvalue weighted by Crippen LogP contribution is 2.25. The minimum absolute atomic E-state index is 0. The molecule has 1 fully saturated rings. The van der Waals surface area contributed by atoms with E-state index in [1.165, 1.54) is 12.8 Å². The number of nitrogens with one attached hydrogen (secondary N) is 1. The molecule has 2 unspecified atom stereocenters. The van der Waals surface area contributed by atoms with Gasteiger partial charge >= 0.3 is 0 Å². The van der Waals surface area contributed by atoms with Gasteiger partial charge in [-0.05, 0) is 30.6 Å². The summed E-state index contributed by atoms with van der Waals surface area (Å²) >= 11 is 0. The fraction of sp³-hybridized carbons (Fsp3) is 0.933. The average molecular weight is 307 g/mol. The molecule has 5 heteroatoms. The maximum absolute atomic E-state index is 12.0. The second-order valence-corrected chi connectivity index (χ2v) is 6.60. The Labute approximate surface area is 129 Å². The van der Waals surface area contributed by atoms with Crippen molar-refractivity contribution in [1.82, 2.24) is 5.32 Å². The summed E-state index contributed by atoms with van der Waals surface area (Å²) in [4.78, 5) is 12.0. The molecule has 0 aliphatic heterocycles. The summed E-state index contributed by atoms with van der Waals surface area (Å²) in [6.45, 7) is 5.74. The van der Waals surface area contributed by atoms with E-state index in [1.54, 1.807) is 7.11 Å². The van der Waals surface area contributed by atoms with Gasteiger partial charge in [0.25, 0.3) is 0 Å². The summed E-state index contributed by atoms with van der Waals surface area (Å²) in [6.07, 6.45) is 6.13. The Hall–Kier alpha value is -0.320. The number of hydrogen-bond donors (Lipinski definition) is 2. The quantitative estimate of drug-likeness (QED) is 0.759. The van der Waals surface area contributed by atoms with E-state index in [0.717, 1.165) is 25.9 Å². The molecule has 1 aliphatic carbocycles. The second kappa shape index (κ2) is 9.59. The zero-order chi connectivity index (χ0) is 14.3. The van der Waals surface area contributed by atoms with Crippen LogP contribution in [0, 0.1) is 11.3 Å². The average Bonchev–Trinajstić information content (AvgIpc) is 2.37. The number of hydrogen-bond acceptors (Lipinski definition) is 3. The SMILES string of the molecule is COCCC(C)(C)CNC(=O)CC1CCCCC1N.Cl. The van der Waals surface area contributed by atoms with Gasteiger partial charge in [0.1, 0.15) is 0 Å². The molecule has 1 saturated carbocycles. The van der Waals surface area contributed by atoms with E-state index in [4.69, 9.17) is 10.5 Å². The van der Waals surface area contributed by atoms with Crippen LogP contribution in [0.3, 0.4) is 0 Å². The monoisotopic (exact) mass is 306 g/mol.